The number of fused-ring (bicyclic) bond motifs is 12. The third-order valence-electron chi connectivity index (χ3n) is 12.1. The molecule has 7 aromatic carbocycles. The molecule has 0 fully saturated rings. The molecule has 244 valence electrons. The Morgan fingerprint density at radius 2 is 1.23 bits per heavy atom. The summed E-state index contributed by atoms with van der Waals surface area (Å²) in [4.78, 5) is 5.51. The second-order valence-electron chi connectivity index (χ2n) is 14.6. The summed E-state index contributed by atoms with van der Waals surface area (Å²) in [6.45, 7) is 2.52. The second kappa shape index (κ2) is 10.3. The average molecular weight is 681 g/mol. The van der Waals surface area contributed by atoms with Gasteiger partial charge in [0.15, 0.2) is 0 Å². The molecule has 3 heteroatoms. The summed E-state index contributed by atoms with van der Waals surface area (Å²) >= 11 is 1.96. The maximum absolute atomic E-state index is 2.71. The molecule has 1 aromatic heterocycles. The largest absolute Gasteiger partial charge is 0.332 e. The SMILES string of the molecule is CC12C3=CC=C4c5c(ccc6c5c5ccccc5n6-c5ccc(-c6ccccc6)cc5)N(c5ccccc5-c5ccccc5-c5cccc(c51)S3)C42. The van der Waals surface area contributed by atoms with Crippen LogP contribution >= 0.6 is 11.8 Å². The standard InChI is InChI=1S/C49H32N2S/c1-49-44-29-26-38-46-42(28-27-41-45(46)37-17-8-10-20-40(37)50(41)32-24-22-31(23-25-32)30-12-3-2-4-13-30)51(48(38)49)39-19-9-7-16-35(39)33-14-5-6-15-34(33)36-18-11-21-43(52-44)47(36)49/h2-29,48H,1H3. The zero-order valence-electron chi connectivity index (χ0n) is 28.5. The maximum atomic E-state index is 2.71. The van der Waals surface area contributed by atoms with E-state index in [9.17, 15) is 0 Å². The lowest BCUT2D eigenvalue weighted by Crippen LogP contribution is -2.46. The van der Waals surface area contributed by atoms with Crippen LogP contribution in [0.3, 0.4) is 0 Å². The van der Waals surface area contributed by atoms with Gasteiger partial charge in [-0.15, -0.1) is 0 Å². The highest BCUT2D eigenvalue weighted by atomic mass is 32.2. The number of hydrogen-bond acceptors (Lipinski definition) is 2. The van der Waals surface area contributed by atoms with Gasteiger partial charge < -0.3 is 9.47 Å². The number of rotatable bonds is 2. The Labute approximate surface area is 307 Å². The van der Waals surface area contributed by atoms with E-state index >= 15 is 0 Å². The molecule has 0 saturated heterocycles. The topological polar surface area (TPSA) is 8.17 Å². The van der Waals surface area contributed by atoms with E-state index < -0.39 is 0 Å². The van der Waals surface area contributed by atoms with E-state index in [0.717, 1.165) is 0 Å². The lowest BCUT2D eigenvalue weighted by Gasteiger charge is -2.43. The molecule has 4 aliphatic rings. The lowest BCUT2D eigenvalue weighted by molar-refractivity contribution is 0.525. The first-order valence-electron chi connectivity index (χ1n) is 18.1. The van der Waals surface area contributed by atoms with Gasteiger partial charge in [-0.2, -0.15) is 0 Å². The Morgan fingerprint density at radius 1 is 0.538 bits per heavy atom. The van der Waals surface area contributed by atoms with E-state index in [1.54, 1.807) is 0 Å². The van der Waals surface area contributed by atoms with E-state index in [4.69, 9.17) is 0 Å². The first-order chi connectivity index (χ1) is 25.7. The smallest absolute Gasteiger partial charge is 0.0739 e. The van der Waals surface area contributed by atoms with Crippen LogP contribution in [0.15, 0.2) is 180 Å². The highest BCUT2D eigenvalue weighted by Gasteiger charge is 2.56. The third kappa shape index (κ3) is 3.56. The van der Waals surface area contributed by atoms with Crippen molar-refractivity contribution in [2.24, 2.45) is 0 Å². The minimum absolute atomic E-state index is 0.0886. The molecule has 2 unspecified atom stereocenters. The quantitative estimate of drug-likeness (QED) is 0.180. The summed E-state index contributed by atoms with van der Waals surface area (Å²) in [6.07, 6.45) is 4.89. The van der Waals surface area contributed by atoms with Gasteiger partial charge in [-0.1, -0.05) is 139 Å². The summed E-state index contributed by atoms with van der Waals surface area (Å²) < 4.78 is 2.47. The number of allylic oxidation sites excluding steroid dienone is 2. The molecule has 0 amide bonds. The van der Waals surface area contributed by atoms with Crippen LogP contribution in [-0.2, 0) is 5.41 Å². The van der Waals surface area contributed by atoms with Gasteiger partial charge in [0.2, 0.25) is 0 Å². The number of nitrogens with zero attached hydrogens (tertiary/aromatic N) is 2. The number of aromatic nitrogens is 1. The van der Waals surface area contributed by atoms with E-state index in [1.165, 1.54) is 98.7 Å². The first-order valence-corrected chi connectivity index (χ1v) is 19.0. The molecular formula is C49H32N2S. The van der Waals surface area contributed by atoms with E-state index in [-0.39, 0.29) is 11.5 Å². The van der Waals surface area contributed by atoms with Gasteiger partial charge in [-0.05, 0) is 88.3 Å². The molecule has 12 rings (SSSR count). The predicted octanol–water partition coefficient (Wildman–Crippen LogP) is 13.0. The van der Waals surface area contributed by atoms with Gasteiger partial charge in [0.05, 0.1) is 28.2 Å². The Bertz CT molecular complexity index is 2890. The third-order valence-corrected chi connectivity index (χ3v) is 13.4. The molecule has 1 aliphatic carbocycles. The summed E-state index contributed by atoms with van der Waals surface area (Å²) in [6, 6.07) is 58.6. The average Bonchev–Trinajstić information content (AvgIpc) is 3.84. The Kier molecular flexibility index (Phi) is 5.66. The fraction of sp³-hybridized carbons (Fsp3) is 0.0612. The Morgan fingerprint density at radius 3 is 2.08 bits per heavy atom. The minimum atomic E-state index is -0.248. The summed E-state index contributed by atoms with van der Waals surface area (Å²) in [5, 5.41) is 2.61. The van der Waals surface area contributed by atoms with Crippen molar-refractivity contribution in [1.82, 2.24) is 4.57 Å². The second-order valence-corrected chi connectivity index (χ2v) is 15.7. The van der Waals surface area contributed by atoms with Crippen LogP contribution in [0.2, 0.25) is 0 Å². The zero-order valence-corrected chi connectivity index (χ0v) is 29.4. The highest BCUT2D eigenvalue weighted by Crippen LogP contribution is 2.67. The monoisotopic (exact) mass is 680 g/mol. The van der Waals surface area contributed by atoms with E-state index in [1.807, 2.05) is 11.8 Å². The minimum Gasteiger partial charge on any atom is -0.332 e. The highest BCUT2D eigenvalue weighted by molar-refractivity contribution is 8.03. The number of anilines is 2. The van der Waals surface area contributed by atoms with Gasteiger partial charge in [0.25, 0.3) is 0 Å². The van der Waals surface area contributed by atoms with Crippen molar-refractivity contribution in [3.05, 3.63) is 186 Å². The van der Waals surface area contributed by atoms with Crippen LogP contribution in [0.4, 0.5) is 11.4 Å². The van der Waals surface area contributed by atoms with Crippen LogP contribution < -0.4 is 4.90 Å². The zero-order chi connectivity index (χ0) is 34.1. The molecule has 0 radical (unpaired) electrons. The lowest BCUT2D eigenvalue weighted by atomic mass is 9.68. The van der Waals surface area contributed by atoms with Crippen LogP contribution in [-0.4, -0.2) is 10.6 Å². The predicted molar refractivity (Wildman–Crippen MR) is 219 cm³/mol. The van der Waals surface area contributed by atoms with Crippen molar-refractivity contribution in [1.29, 1.82) is 0 Å². The van der Waals surface area contributed by atoms with Crippen LogP contribution in [0.5, 0.6) is 0 Å². The maximum Gasteiger partial charge on any atom is 0.0739 e. The molecule has 0 saturated carbocycles. The van der Waals surface area contributed by atoms with Crippen molar-refractivity contribution in [2.75, 3.05) is 4.90 Å². The number of para-hydroxylation sites is 2. The molecule has 0 spiro atoms. The molecule has 0 bridgehead atoms. The van der Waals surface area contributed by atoms with Crippen LogP contribution in [0.1, 0.15) is 18.1 Å². The Hall–Kier alpha value is -6.03. The van der Waals surface area contributed by atoms with Crippen molar-refractivity contribution in [3.8, 4) is 39.1 Å². The summed E-state index contributed by atoms with van der Waals surface area (Å²) in [7, 11) is 0. The van der Waals surface area contributed by atoms with E-state index in [0.29, 0.717) is 0 Å². The molecule has 52 heavy (non-hydrogen) atoms. The van der Waals surface area contributed by atoms with Gasteiger partial charge in [-0.25, -0.2) is 0 Å². The summed E-state index contributed by atoms with van der Waals surface area (Å²) in [5.74, 6) is 0. The van der Waals surface area contributed by atoms with E-state index in [2.05, 4.69) is 186 Å². The fourth-order valence-corrected chi connectivity index (χ4v) is 11.3. The van der Waals surface area contributed by atoms with Crippen molar-refractivity contribution in [2.45, 2.75) is 23.3 Å². The summed E-state index contributed by atoms with van der Waals surface area (Å²) in [5.41, 5.74) is 17.8. The molecule has 8 aromatic rings. The molecule has 2 atom stereocenters. The number of benzene rings is 7. The Balaban J connectivity index is 1.17. The van der Waals surface area contributed by atoms with Gasteiger partial charge in [-0.3, -0.25) is 0 Å². The first kappa shape index (κ1) is 28.6. The fourth-order valence-electron chi connectivity index (χ4n) is 9.91. The van der Waals surface area contributed by atoms with Gasteiger partial charge >= 0.3 is 0 Å². The van der Waals surface area contributed by atoms with Gasteiger partial charge in [0, 0.05) is 43.1 Å². The molecule has 4 heterocycles. The number of hydrogen-bond donors (Lipinski definition) is 0. The molecule has 2 nitrogen and oxygen atoms in total. The van der Waals surface area contributed by atoms with Crippen LogP contribution in [0, 0.1) is 0 Å². The van der Waals surface area contributed by atoms with Gasteiger partial charge in [0.1, 0.15) is 0 Å². The molecule has 0 N–H and O–H groups in total. The molecular weight excluding hydrogens is 649 g/mol. The van der Waals surface area contributed by atoms with Crippen molar-refractivity contribution < 1.29 is 0 Å². The number of thioether (sulfide) groups is 1. The van der Waals surface area contributed by atoms with Crippen LogP contribution in [0.25, 0.3) is 66.4 Å². The normalized spacial score (nSPS) is 18.9. The van der Waals surface area contributed by atoms with Crippen molar-refractivity contribution in [3.63, 3.8) is 0 Å². The van der Waals surface area contributed by atoms with Crippen molar-refractivity contribution >= 4 is 50.5 Å². The molecule has 3 aliphatic heterocycles.